The molecule has 158 valence electrons. The molecule has 0 saturated carbocycles. The van der Waals surface area contributed by atoms with E-state index in [9.17, 15) is 19.1 Å². The van der Waals surface area contributed by atoms with Gasteiger partial charge >= 0.3 is 12.1 Å². The van der Waals surface area contributed by atoms with Gasteiger partial charge in [-0.05, 0) is 42.3 Å². The first-order valence-electron chi connectivity index (χ1n) is 10.1. The molecule has 4 rings (SSSR count). The number of fused-ring (bicyclic) bond motifs is 3. The van der Waals surface area contributed by atoms with E-state index in [1.807, 2.05) is 31.2 Å². The van der Waals surface area contributed by atoms with E-state index in [-0.39, 0.29) is 36.4 Å². The molecule has 0 aliphatic carbocycles. The van der Waals surface area contributed by atoms with Gasteiger partial charge in [0.1, 0.15) is 5.82 Å². The summed E-state index contributed by atoms with van der Waals surface area (Å²) in [5.74, 6) is -0.441. The fraction of sp³-hybridized carbons (Fsp3) is 0.364. The molecule has 0 aromatic heterocycles. The van der Waals surface area contributed by atoms with Crippen LogP contribution in [0, 0.1) is 5.82 Å². The van der Waals surface area contributed by atoms with Crippen LogP contribution >= 0.6 is 0 Å². The van der Waals surface area contributed by atoms with Crippen molar-refractivity contribution in [1.29, 1.82) is 0 Å². The average Bonchev–Trinajstić information content (AvgIpc) is 2.74. The van der Waals surface area contributed by atoms with Gasteiger partial charge < -0.3 is 20.6 Å². The highest BCUT2D eigenvalue weighted by molar-refractivity contribution is 5.95. The molecule has 8 heteroatoms. The van der Waals surface area contributed by atoms with Crippen molar-refractivity contribution >= 4 is 23.4 Å². The van der Waals surface area contributed by atoms with Crippen LogP contribution in [-0.2, 0) is 0 Å². The van der Waals surface area contributed by atoms with E-state index in [2.05, 4.69) is 10.6 Å². The van der Waals surface area contributed by atoms with E-state index in [1.165, 1.54) is 24.3 Å². The van der Waals surface area contributed by atoms with Crippen molar-refractivity contribution in [3.05, 3.63) is 59.9 Å². The molecule has 1 saturated heterocycles. The number of aliphatic hydroxyl groups excluding tert-OH is 1. The molecule has 0 radical (unpaired) electrons. The van der Waals surface area contributed by atoms with Crippen molar-refractivity contribution in [2.75, 3.05) is 29.9 Å². The summed E-state index contributed by atoms with van der Waals surface area (Å²) in [5, 5.41) is 15.7. The van der Waals surface area contributed by atoms with Crippen molar-refractivity contribution in [2.45, 2.75) is 31.3 Å². The number of carbonyl (C=O) groups is 2. The number of nitrogens with zero attached hydrogens (tertiary/aromatic N) is 2. The Bertz CT molecular complexity index is 936. The molecule has 2 aromatic rings. The molecular formula is C22H25FN4O3. The molecule has 2 aliphatic rings. The topological polar surface area (TPSA) is 84.9 Å². The van der Waals surface area contributed by atoms with Crippen LogP contribution < -0.4 is 15.5 Å². The number of aliphatic hydroxyl groups is 1. The van der Waals surface area contributed by atoms with Crippen LogP contribution in [0.5, 0.6) is 0 Å². The molecule has 30 heavy (non-hydrogen) atoms. The molecule has 4 amide bonds. The first-order valence-corrected chi connectivity index (χ1v) is 10.1. The van der Waals surface area contributed by atoms with Crippen LogP contribution in [0.3, 0.4) is 0 Å². The van der Waals surface area contributed by atoms with E-state index < -0.39 is 6.04 Å². The fourth-order valence-electron chi connectivity index (χ4n) is 4.41. The van der Waals surface area contributed by atoms with Gasteiger partial charge in [-0.25, -0.2) is 14.0 Å². The molecule has 0 unspecified atom stereocenters. The van der Waals surface area contributed by atoms with Crippen molar-refractivity contribution in [2.24, 2.45) is 0 Å². The number of benzene rings is 2. The van der Waals surface area contributed by atoms with E-state index in [0.717, 1.165) is 17.7 Å². The molecule has 3 N–H and O–H groups in total. The largest absolute Gasteiger partial charge is 0.394 e. The minimum Gasteiger partial charge on any atom is -0.394 e. The SMILES string of the molecule is CCCNC(=O)N1C[C@H]2[C@@H](c3ccccc31)[C@H](CO)N2C(=O)Nc1ccc(F)cc1. The first kappa shape index (κ1) is 20.2. The highest BCUT2D eigenvalue weighted by atomic mass is 19.1. The second-order valence-corrected chi connectivity index (χ2v) is 7.59. The molecule has 3 atom stereocenters. The summed E-state index contributed by atoms with van der Waals surface area (Å²) in [6.45, 7) is 2.71. The summed E-state index contributed by atoms with van der Waals surface area (Å²) in [7, 11) is 0. The number of likely N-dealkylation sites (tertiary alicyclic amines) is 1. The zero-order valence-electron chi connectivity index (χ0n) is 16.7. The highest BCUT2D eigenvalue weighted by Crippen LogP contribution is 2.48. The van der Waals surface area contributed by atoms with Crippen molar-refractivity contribution in [1.82, 2.24) is 10.2 Å². The van der Waals surface area contributed by atoms with Gasteiger partial charge in [-0.1, -0.05) is 25.1 Å². The second kappa shape index (κ2) is 8.31. The van der Waals surface area contributed by atoms with Gasteiger partial charge in [0.25, 0.3) is 0 Å². The van der Waals surface area contributed by atoms with Crippen molar-refractivity contribution in [3.8, 4) is 0 Å². The van der Waals surface area contributed by atoms with Gasteiger partial charge in [0, 0.05) is 30.4 Å². The number of amides is 4. The number of hydrogen-bond acceptors (Lipinski definition) is 3. The summed E-state index contributed by atoms with van der Waals surface area (Å²) in [5.41, 5.74) is 2.23. The lowest BCUT2D eigenvalue weighted by molar-refractivity contribution is -0.00195. The summed E-state index contributed by atoms with van der Waals surface area (Å²) in [6.07, 6.45) is 0.825. The van der Waals surface area contributed by atoms with Gasteiger partial charge in [-0.3, -0.25) is 4.90 Å². The molecule has 2 aromatic carbocycles. The summed E-state index contributed by atoms with van der Waals surface area (Å²) in [6, 6.07) is 11.9. The number of halogens is 1. The number of urea groups is 2. The zero-order chi connectivity index (χ0) is 21.3. The van der Waals surface area contributed by atoms with Crippen LogP contribution in [-0.4, -0.2) is 53.8 Å². The van der Waals surface area contributed by atoms with Gasteiger partial charge in [-0.15, -0.1) is 0 Å². The quantitative estimate of drug-likeness (QED) is 0.721. The van der Waals surface area contributed by atoms with Gasteiger partial charge in [0.2, 0.25) is 0 Å². The Balaban J connectivity index is 1.59. The Kier molecular flexibility index (Phi) is 5.59. The number of hydrogen-bond donors (Lipinski definition) is 3. The lowest BCUT2D eigenvalue weighted by Crippen LogP contribution is -2.71. The maximum absolute atomic E-state index is 13.1. The summed E-state index contributed by atoms with van der Waals surface area (Å²) in [4.78, 5) is 29.0. The Hall–Kier alpha value is -3.13. The minimum absolute atomic E-state index is 0.0552. The number of carbonyl (C=O) groups excluding carboxylic acids is 2. The van der Waals surface area contributed by atoms with Crippen LogP contribution in [0.15, 0.2) is 48.5 Å². The maximum atomic E-state index is 13.1. The van der Waals surface area contributed by atoms with E-state index in [0.29, 0.717) is 18.8 Å². The average molecular weight is 412 g/mol. The molecule has 0 bridgehead atoms. The van der Waals surface area contributed by atoms with Gasteiger partial charge in [-0.2, -0.15) is 0 Å². The fourth-order valence-corrected chi connectivity index (χ4v) is 4.41. The van der Waals surface area contributed by atoms with E-state index >= 15 is 0 Å². The number of rotatable bonds is 4. The normalized spacial score (nSPS) is 21.9. The molecule has 1 fully saturated rings. The third-order valence-corrected chi connectivity index (χ3v) is 5.79. The molecule has 0 spiro atoms. The number of para-hydroxylation sites is 1. The lowest BCUT2D eigenvalue weighted by Gasteiger charge is -2.58. The van der Waals surface area contributed by atoms with Crippen molar-refractivity contribution < 1.29 is 19.1 Å². The maximum Gasteiger partial charge on any atom is 0.322 e. The van der Waals surface area contributed by atoms with E-state index in [1.54, 1.807) is 9.80 Å². The second-order valence-electron chi connectivity index (χ2n) is 7.59. The van der Waals surface area contributed by atoms with Crippen LogP contribution in [0.25, 0.3) is 0 Å². The highest BCUT2D eigenvalue weighted by Gasteiger charge is 2.55. The molecular weight excluding hydrogens is 387 g/mol. The number of anilines is 2. The Morgan fingerprint density at radius 3 is 2.57 bits per heavy atom. The minimum atomic E-state index is -0.391. The van der Waals surface area contributed by atoms with Gasteiger partial charge in [0.15, 0.2) is 0 Å². The third-order valence-electron chi connectivity index (χ3n) is 5.79. The van der Waals surface area contributed by atoms with E-state index in [4.69, 9.17) is 0 Å². The van der Waals surface area contributed by atoms with Crippen LogP contribution in [0.2, 0.25) is 0 Å². The number of nitrogens with one attached hydrogen (secondary N) is 2. The smallest absolute Gasteiger partial charge is 0.322 e. The van der Waals surface area contributed by atoms with Gasteiger partial charge in [0.05, 0.1) is 18.7 Å². The Morgan fingerprint density at radius 1 is 1.13 bits per heavy atom. The van der Waals surface area contributed by atoms with Crippen LogP contribution in [0.1, 0.15) is 24.8 Å². The third kappa shape index (κ3) is 3.47. The molecule has 2 aliphatic heterocycles. The summed E-state index contributed by atoms with van der Waals surface area (Å²) >= 11 is 0. The molecule has 2 heterocycles. The predicted octanol–water partition coefficient (Wildman–Crippen LogP) is 3.13. The molecule has 7 nitrogen and oxygen atoms in total. The zero-order valence-corrected chi connectivity index (χ0v) is 16.7. The lowest BCUT2D eigenvalue weighted by atomic mass is 9.72. The van der Waals surface area contributed by atoms with Crippen molar-refractivity contribution in [3.63, 3.8) is 0 Å². The first-order chi connectivity index (χ1) is 14.5. The Labute approximate surface area is 174 Å². The Morgan fingerprint density at radius 2 is 1.87 bits per heavy atom. The standard InChI is InChI=1S/C22H25FN4O3/c1-2-11-24-21(29)26-12-18-20(16-5-3-4-6-17(16)26)19(13-28)27(18)22(30)25-15-9-7-14(23)8-10-15/h3-10,18-20,28H,2,11-13H2,1H3,(H,24,29)(H,25,30)/t18-,19-,20+/m0/s1. The predicted molar refractivity (Wildman–Crippen MR) is 112 cm³/mol. The van der Waals surface area contributed by atoms with Crippen LogP contribution in [0.4, 0.5) is 25.4 Å². The summed E-state index contributed by atoms with van der Waals surface area (Å²) < 4.78 is 13.1. The monoisotopic (exact) mass is 412 g/mol.